The fraction of sp³-hybridized carbons (Fsp3) is 0.500. The minimum atomic E-state index is -0.700. The summed E-state index contributed by atoms with van der Waals surface area (Å²) in [5.41, 5.74) is 3.84. The van der Waals surface area contributed by atoms with Gasteiger partial charge < -0.3 is 5.11 Å². The third kappa shape index (κ3) is 1.85. The van der Waals surface area contributed by atoms with Gasteiger partial charge in [-0.05, 0) is 60.9 Å². The average molecular weight is 251 g/mol. The average Bonchev–Trinajstić information content (AvgIpc) is 2.87. The third-order valence-electron chi connectivity index (χ3n) is 4.09. The molecule has 0 saturated heterocycles. The second kappa shape index (κ2) is 3.74. The Morgan fingerprint density at radius 1 is 1.35 bits per heavy atom. The fourth-order valence-corrected chi connectivity index (χ4v) is 3.36. The van der Waals surface area contributed by atoms with Crippen molar-refractivity contribution in [3.05, 3.63) is 33.8 Å². The summed E-state index contributed by atoms with van der Waals surface area (Å²) in [6, 6.07) is 4.05. The standard InChI is InChI=1S/C14H15ClO2/c15-10-6-9-2-1-3-11(9)12(7-10)14(4-5-14)8-13(16)17/h6-7H,1-5,8H2,(H,16,17). The van der Waals surface area contributed by atoms with Crippen LogP contribution in [0.25, 0.3) is 0 Å². The Kier molecular flexibility index (Phi) is 2.44. The smallest absolute Gasteiger partial charge is 0.304 e. The molecule has 0 aliphatic heterocycles. The highest BCUT2D eigenvalue weighted by atomic mass is 35.5. The summed E-state index contributed by atoms with van der Waals surface area (Å²) < 4.78 is 0. The summed E-state index contributed by atoms with van der Waals surface area (Å²) in [5.74, 6) is -0.700. The van der Waals surface area contributed by atoms with Crippen LogP contribution in [0.3, 0.4) is 0 Å². The van der Waals surface area contributed by atoms with Gasteiger partial charge in [-0.2, -0.15) is 0 Å². The predicted octanol–water partition coefficient (Wildman–Crippen LogP) is 3.34. The van der Waals surface area contributed by atoms with E-state index < -0.39 is 5.97 Å². The first-order valence-electron chi connectivity index (χ1n) is 6.14. The maximum Gasteiger partial charge on any atom is 0.304 e. The molecular weight excluding hydrogens is 236 g/mol. The van der Waals surface area contributed by atoms with Gasteiger partial charge in [-0.25, -0.2) is 0 Å². The second-order valence-electron chi connectivity index (χ2n) is 5.30. The lowest BCUT2D eigenvalue weighted by molar-refractivity contribution is -0.137. The number of fused-ring (bicyclic) bond motifs is 1. The topological polar surface area (TPSA) is 37.3 Å². The van der Waals surface area contributed by atoms with E-state index in [0.29, 0.717) is 0 Å². The van der Waals surface area contributed by atoms with Crippen molar-refractivity contribution in [1.29, 1.82) is 0 Å². The molecule has 0 amide bonds. The van der Waals surface area contributed by atoms with Gasteiger partial charge in [0.2, 0.25) is 0 Å². The zero-order chi connectivity index (χ0) is 12.0. The largest absolute Gasteiger partial charge is 0.481 e. The van der Waals surface area contributed by atoms with E-state index in [1.54, 1.807) is 0 Å². The molecule has 1 aromatic rings. The van der Waals surface area contributed by atoms with Gasteiger partial charge >= 0.3 is 5.97 Å². The molecule has 1 N–H and O–H groups in total. The molecule has 0 radical (unpaired) electrons. The van der Waals surface area contributed by atoms with Crippen LogP contribution < -0.4 is 0 Å². The molecule has 2 nitrogen and oxygen atoms in total. The molecule has 3 rings (SSSR count). The predicted molar refractivity (Wildman–Crippen MR) is 66.6 cm³/mol. The van der Waals surface area contributed by atoms with Crippen LogP contribution in [0.2, 0.25) is 5.02 Å². The molecule has 0 bridgehead atoms. The maximum atomic E-state index is 11.0. The number of carboxylic acid groups (broad SMARTS) is 1. The van der Waals surface area contributed by atoms with Gasteiger partial charge in [-0.15, -0.1) is 0 Å². The summed E-state index contributed by atoms with van der Waals surface area (Å²) in [6.07, 6.45) is 5.58. The highest BCUT2D eigenvalue weighted by Gasteiger charge is 2.47. The summed E-state index contributed by atoms with van der Waals surface area (Å²) in [7, 11) is 0. The molecule has 1 saturated carbocycles. The highest BCUT2D eigenvalue weighted by molar-refractivity contribution is 6.30. The van der Waals surface area contributed by atoms with Crippen molar-refractivity contribution in [2.24, 2.45) is 0 Å². The number of halogens is 1. The van der Waals surface area contributed by atoms with Crippen LogP contribution >= 0.6 is 11.6 Å². The molecule has 1 fully saturated rings. The third-order valence-corrected chi connectivity index (χ3v) is 4.31. The Bertz CT molecular complexity index is 489. The molecule has 17 heavy (non-hydrogen) atoms. The van der Waals surface area contributed by atoms with Gasteiger partial charge in [-0.3, -0.25) is 4.79 Å². The second-order valence-corrected chi connectivity index (χ2v) is 5.73. The Labute approximate surface area is 106 Å². The van der Waals surface area contributed by atoms with Gasteiger partial charge in [0.25, 0.3) is 0 Å². The first-order chi connectivity index (χ1) is 8.11. The Morgan fingerprint density at radius 2 is 2.12 bits per heavy atom. The normalized spacial score (nSPS) is 20.1. The first-order valence-corrected chi connectivity index (χ1v) is 6.52. The molecule has 0 aromatic heterocycles. The number of aliphatic carboxylic acids is 1. The maximum absolute atomic E-state index is 11.0. The van der Waals surface area contributed by atoms with Gasteiger partial charge in [0.15, 0.2) is 0 Å². The Balaban J connectivity index is 2.06. The summed E-state index contributed by atoms with van der Waals surface area (Å²) in [5, 5.41) is 9.80. The SMILES string of the molecule is O=C(O)CC1(c2cc(Cl)cc3c2CCC3)CC1. The molecule has 90 valence electrons. The lowest BCUT2D eigenvalue weighted by Gasteiger charge is -2.18. The van der Waals surface area contributed by atoms with Crippen molar-refractivity contribution in [2.75, 3.05) is 0 Å². The number of carboxylic acids is 1. The number of rotatable bonds is 3. The minimum Gasteiger partial charge on any atom is -0.481 e. The van der Waals surface area contributed by atoms with Crippen molar-refractivity contribution in [3.63, 3.8) is 0 Å². The molecule has 0 atom stereocenters. The van der Waals surface area contributed by atoms with E-state index in [9.17, 15) is 4.79 Å². The number of benzene rings is 1. The highest BCUT2D eigenvalue weighted by Crippen LogP contribution is 2.53. The zero-order valence-corrected chi connectivity index (χ0v) is 10.4. The van der Waals surface area contributed by atoms with Gasteiger partial charge in [0, 0.05) is 10.4 Å². The van der Waals surface area contributed by atoms with Gasteiger partial charge in [0.1, 0.15) is 0 Å². The molecular formula is C14H15ClO2. The number of aryl methyl sites for hydroxylation is 1. The minimum absolute atomic E-state index is 0.106. The van der Waals surface area contributed by atoms with E-state index in [4.69, 9.17) is 16.7 Å². The van der Waals surface area contributed by atoms with Crippen LogP contribution in [0, 0.1) is 0 Å². The summed E-state index contributed by atoms with van der Waals surface area (Å²) in [6.45, 7) is 0. The Morgan fingerprint density at radius 3 is 2.76 bits per heavy atom. The number of carbonyl (C=O) groups is 1. The van der Waals surface area contributed by atoms with E-state index in [0.717, 1.165) is 30.7 Å². The van der Waals surface area contributed by atoms with Crippen LogP contribution in [-0.4, -0.2) is 11.1 Å². The molecule has 2 aliphatic rings. The van der Waals surface area contributed by atoms with Crippen LogP contribution in [0.4, 0.5) is 0 Å². The molecule has 1 aromatic carbocycles. The van der Waals surface area contributed by atoms with Gasteiger partial charge in [-0.1, -0.05) is 11.6 Å². The fourth-order valence-electron chi connectivity index (χ4n) is 3.12. The van der Waals surface area contributed by atoms with Crippen LogP contribution in [0.1, 0.15) is 42.4 Å². The Hall–Kier alpha value is -1.02. The van der Waals surface area contributed by atoms with E-state index in [2.05, 4.69) is 0 Å². The molecule has 0 spiro atoms. The van der Waals surface area contributed by atoms with Crippen molar-refractivity contribution < 1.29 is 9.90 Å². The molecule has 0 heterocycles. The van der Waals surface area contributed by atoms with Crippen LogP contribution in [-0.2, 0) is 23.1 Å². The monoisotopic (exact) mass is 250 g/mol. The molecule has 0 unspecified atom stereocenters. The van der Waals surface area contributed by atoms with E-state index >= 15 is 0 Å². The lowest BCUT2D eigenvalue weighted by atomic mass is 9.87. The number of hydrogen-bond donors (Lipinski definition) is 1. The van der Waals surface area contributed by atoms with Crippen LogP contribution in [0.5, 0.6) is 0 Å². The van der Waals surface area contributed by atoms with Crippen LogP contribution in [0.15, 0.2) is 12.1 Å². The lowest BCUT2D eigenvalue weighted by Crippen LogP contribution is -2.15. The van der Waals surface area contributed by atoms with Crippen molar-refractivity contribution in [3.8, 4) is 0 Å². The van der Waals surface area contributed by atoms with Crippen molar-refractivity contribution in [1.82, 2.24) is 0 Å². The van der Waals surface area contributed by atoms with E-state index in [1.807, 2.05) is 12.1 Å². The van der Waals surface area contributed by atoms with E-state index in [-0.39, 0.29) is 11.8 Å². The zero-order valence-electron chi connectivity index (χ0n) is 9.63. The summed E-state index contributed by atoms with van der Waals surface area (Å²) >= 11 is 6.15. The molecule has 2 aliphatic carbocycles. The first kappa shape index (κ1) is 11.1. The van der Waals surface area contributed by atoms with E-state index in [1.165, 1.54) is 23.1 Å². The van der Waals surface area contributed by atoms with Crippen molar-refractivity contribution >= 4 is 17.6 Å². The van der Waals surface area contributed by atoms with Crippen molar-refractivity contribution in [2.45, 2.75) is 43.9 Å². The quantitative estimate of drug-likeness (QED) is 0.894. The summed E-state index contributed by atoms with van der Waals surface area (Å²) in [4.78, 5) is 11.0. The number of hydrogen-bond acceptors (Lipinski definition) is 1. The van der Waals surface area contributed by atoms with Gasteiger partial charge in [0.05, 0.1) is 6.42 Å². The molecule has 3 heteroatoms.